The Morgan fingerprint density at radius 2 is 2.13 bits per heavy atom. The number of rotatable bonds is 8. The summed E-state index contributed by atoms with van der Waals surface area (Å²) < 4.78 is 44.6. The number of nitrogens with zero attached hydrogens (tertiary/aromatic N) is 2. The van der Waals surface area contributed by atoms with Crippen LogP contribution in [0, 0.1) is 12.7 Å². The molecule has 126 valence electrons. The molecule has 10 heteroatoms. The van der Waals surface area contributed by atoms with Gasteiger partial charge in [0.05, 0.1) is 0 Å². The Bertz CT molecular complexity index is 750. The first-order valence-electron chi connectivity index (χ1n) is 6.97. The number of halogens is 1. The molecule has 0 saturated carbocycles. The molecule has 4 N–H and O–H groups in total. The Morgan fingerprint density at radius 1 is 1.35 bits per heavy atom. The highest BCUT2D eigenvalue weighted by molar-refractivity contribution is 7.93. The van der Waals surface area contributed by atoms with Gasteiger partial charge in [0.15, 0.2) is 0 Å². The van der Waals surface area contributed by atoms with Crippen molar-refractivity contribution in [2.24, 2.45) is 5.73 Å². The number of hydrogen-bond donors (Lipinski definition) is 3. The van der Waals surface area contributed by atoms with Crippen molar-refractivity contribution in [3.63, 3.8) is 0 Å². The van der Waals surface area contributed by atoms with Gasteiger partial charge in [-0.1, -0.05) is 0 Å². The first-order valence-corrected chi connectivity index (χ1v) is 9.23. The maximum Gasteiger partial charge on any atom is 0.266 e. The summed E-state index contributed by atoms with van der Waals surface area (Å²) in [5, 5.41) is 3.17. The molecule has 0 amide bonds. The molecule has 0 atom stereocenters. The quantitative estimate of drug-likeness (QED) is 0.621. The lowest BCUT2D eigenvalue weighted by atomic mass is 10.2. The van der Waals surface area contributed by atoms with Crippen molar-refractivity contribution in [3.8, 4) is 0 Å². The maximum atomic E-state index is 14.2. The van der Waals surface area contributed by atoms with E-state index in [1.807, 2.05) is 0 Å². The number of nitrogens with one attached hydrogen (secondary N) is 2. The van der Waals surface area contributed by atoms with Crippen molar-refractivity contribution in [1.29, 1.82) is 0 Å². The largest absolute Gasteiger partial charge is 0.385 e. The molecule has 0 fully saturated rings. The molecule has 23 heavy (non-hydrogen) atoms. The van der Waals surface area contributed by atoms with E-state index in [2.05, 4.69) is 19.4 Å². The van der Waals surface area contributed by atoms with Crippen molar-refractivity contribution >= 4 is 32.4 Å². The predicted molar refractivity (Wildman–Crippen MR) is 88.6 cm³/mol. The van der Waals surface area contributed by atoms with Gasteiger partial charge >= 0.3 is 0 Å². The molecule has 1 aromatic carbocycles. The molecule has 1 aromatic heterocycles. The van der Waals surface area contributed by atoms with Gasteiger partial charge in [0.1, 0.15) is 17.0 Å². The van der Waals surface area contributed by atoms with E-state index in [-0.39, 0.29) is 5.13 Å². The minimum absolute atomic E-state index is 0.0889. The SMILES string of the molecule is Cc1cc(S(=O)(=O)Nc2ncns2)c(F)cc1NCCCCN. The normalized spacial score (nSPS) is 11.4. The molecule has 1 heterocycles. The average Bonchev–Trinajstić information content (AvgIpc) is 2.98. The molecule has 0 saturated heterocycles. The van der Waals surface area contributed by atoms with Gasteiger partial charge in [-0.15, -0.1) is 0 Å². The van der Waals surface area contributed by atoms with Crippen LogP contribution in [0.4, 0.5) is 15.2 Å². The van der Waals surface area contributed by atoms with Crippen LogP contribution in [0.2, 0.25) is 0 Å². The molecule has 2 rings (SSSR count). The van der Waals surface area contributed by atoms with E-state index in [0.717, 1.165) is 24.4 Å². The van der Waals surface area contributed by atoms with Crippen LogP contribution in [0.25, 0.3) is 0 Å². The van der Waals surface area contributed by atoms with Crippen molar-refractivity contribution < 1.29 is 12.8 Å². The lowest BCUT2D eigenvalue weighted by molar-refractivity contribution is 0.570. The molecule has 7 nitrogen and oxygen atoms in total. The number of aromatic nitrogens is 2. The van der Waals surface area contributed by atoms with Crippen LogP contribution in [-0.2, 0) is 10.0 Å². The van der Waals surface area contributed by atoms with Crippen LogP contribution in [0.15, 0.2) is 23.4 Å². The summed E-state index contributed by atoms with van der Waals surface area (Å²) in [6, 6.07) is 2.48. The van der Waals surface area contributed by atoms with E-state index >= 15 is 0 Å². The van der Waals surface area contributed by atoms with Crippen LogP contribution in [0.1, 0.15) is 18.4 Å². The summed E-state index contributed by atoms with van der Waals surface area (Å²) in [4.78, 5) is 3.31. The number of aryl methyl sites for hydroxylation is 1. The number of hydrogen-bond acceptors (Lipinski definition) is 7. The fraction of sp³-hybridized carbons (Fsp3) is 0.385. The molecule has 0 aliphatic carbocycles. The van der Waals surface area contributed by atoms with Gasteiger partial charge in [-0.2, -0.15) is 4.37 Å². The first kappa shape index (κ1) is 17.6. The van der Waals surface area contributed by atoms with Crippen molar-refractivity contribution in [1.82, 2.24) is 9.36 Å². The highest BCUT2D eigenvalue weighted by Crippen LogP contribution is 2.25. The van der Waals surface area contributed by atoms with Crippen LogP contribution >= 0.6 is 11.5 Å². The van der Waals surface area contributed by atoms with Crippen molar-refractivity contribution in [2.45, 2.75) is 24.7 Å². The van der Waals surface area contributed by atoms with E-state index in [9.17, 15) is 12.8 Å². The monoisotopic (exact) mass is 359 g/mol. The van der Waals surface area contributed by atoms with E-state index < -0.39 is 20.7 Å². The van der Waals surface area contributed by atoms with E-state index in [1.54, 1.807) is 6.92 Å². The molecule has 0 bridgehead atoms. The van der Waals surface area contributed by atoms with Crippen LogP contribution < -0.4 is 15.8 Å². The second-order valence-electron chi connectivity index (χ2n) is 4.87. The fourth-order valence-corrected chi connectivity index (χ4v) is 3.74. The molecular formula is C13H18FN5O2S2. The van der Waals surface area contributed by atoms with Gasteiger partial charge in [0.2, 0.25) is 5.13 Å². The van der Waals surface area contributed by atoms with E-state index in [4.69, 9.17) is 5.73 Å². The van der Waals surface area contributed by atoms with Gasteiger partial charge < -0.3 is 11.1 Å². The standard InChI is InChI=1S/C13H18FN5O2S2/c1-9-6-12(23(20,21)19-13-17-8-18-22-13)10(14)7-11(9)16-5-3-2-4-15/h6-8,16H,2-5,15H2,1H3,(H,17,18,19). The van der Waals surface area contributed by atoms with Crippen LogP contribution in [0.3, 0.4) is 0 Å². The maximum absolute atomic E-state index is 14.2. The lowest BCUT2D eigenvalue weighted by Crippen LogP contribution is -2.15. The summed E-state index contributed by atoms with van der Waals surface area (Å²) >= 11 is 0.877. The zero-order valence-electron chi connectivity index (χ0n) is 12.5. The molecule has 2 aromatic rings. The Kier molecular flexibility index (Phi) is 5.85. The first-order chi connectivity index (χ1) is 10.9. The number of nitrogens with two attached hydrogens (primary N) is 1. The lowest BCUT2D eigenvalue weighted by Gasteiger charge is -2.13. The second kappa shape index (κ2) is 7.66. The van der Waals surface area contributed by atoms with Crippen LogP contribution in [0.5, 0.6) is 0 Å². The van der Waals surface area contributed by atoms with E-state index in [1.165, 1.54) is 18.5 Å². The number of anilines is 2. The van der Waals surface area contributed by atoms with Gasteiger partial charge in [-0.3, -0.25) is 4.72 Å². The number of benzene rings is 1. The summed E-state index contributed by atoms with van der Waals surface area (Å²) in [6.07, 6.45) is 2.95. The van der Waals surface area contributed by atoms with Gasteiger partial charge in [0, 0.05) is 23.8 Å². The van der Waals surface area contributed by atoms with Gasteiger partial charge in [0.25, 0.3) is 10.0 Å². The Labute approximate surface area is 138 Å². The molecule has 0 spiro atoms. The molecule has 0 radical (unpaired) electrons. The number of unbranched alkanes of at least 4 members (excludes halogenated alkanes) is 1. The summed E-state index contributed by atoms with van der Waals surface area (Å²) in [7, 11) is -4.04. The molecule has 0 unspecified atom stereocenters. The molecular weight excluding hydrogens is 341 g/mol. The van der Waals surface area contributed by atoms with Crippen molar-refractivity contribution in [3.05, 3.63) is 29.8 Å². The third-order valence-corrected chi connectivity index (χ3v) is 5.16. The minimum Gasteiger partial charge on any atom is -0.385 e. The van der Waals surface area contributed by atoms with Crippen LogP contribution in [-0.4, -0.2) is 30.9 Å². The average molecular weight is 359 g/mol. The Hall–Kier alpha value is -1.78. The Morgan fingerprint density at radius 3 is 2.78 bits per heavy atom. The highest BCUT2D eigenvalue weighted by atomic mass is 32.2. The molecule has 0 aliphatic rings. The topological polar surface area (TPSA) is 110 Å². The third kappa shape index (κ3) is 4.60. The fourth-order valence-electron chi connectivity index (χ4n) is 1.93. The second-order valence-corrected chi connectivity index (χ2v) is 7.30. The summed E-state index contributed by atoms with van der Waals surface area (Å²) in [5.41, 5.74) is 6.62. The third-order valence-electron chi connectivity index (χ3n) is 3.10. The highest BCUT2D eigenvalue weighted by Gasteiger charge is 2.22. The predicted octanol–water partition coefficient (Wildman–Crippen LogP) is 1.94. The van der Waals surface area contributed by atoms with Gasteiger partial charge in [-0.05, 0) is 44.0 Å². The van der Waals surface area contributed by atoms with Gasteiger partial charge in [-0.25, -0.2) is 17.8 Å². The molecule has 0 aliphatic heterocycles. The zero-order valence-corrected chi connectivity index (χ0v) is 14.2. The summed E-state index contributed by atoms with van der Waals surface area (Å²) in [6.45, 7) is 2.96. The zero-order chi connectivity index (χ0) is 16.9. The Balaban J connectivity index is 2.18. The smallest absolute Gasteiger partial charge is 0.266 e. The van der Waals surface area contributed by atoms with E-state index in [0.29, 0.717) is 24.3 Å². The summed E-state index contributed by atoms with van der Waals surface area (Å²) in [5.74, 6) is -0.825. The van der Waals surface area contributed by atoms with Crippen molar-refractivity contribution in [2.75, 3.05) is 23.1 Å². The number of sulfonamides is 1. The minimum atomic E-state index is -4.04.